The molecule has 22 heavy (non-hydrogen) atoms. The van der Waals surface area contributed by atoms with E-state index in [-0.39, 0.29) is 17.4 Å². The van der Waals surface area contributed by atoms with Crippen LogP contribution in [0.4, 0.5) is 5.69 Å². The Bertz CT molecular complexity index is 540. The third kappa shape index (κ3) is 4.19. The molecule has 1 N–H and O–H groups in total. The van der Waals surface area contributed by atoms with Crippen molar-refractivity contribution in [3.8, 4) is 0 Å². The molecule has 120 valence electrons. The van der Waals surface area contributed by atoms with Crippen LogP contribution in [0, 0.1) is 0 Å². The average Bonchev–Trinajstić information content (AvgIpc) is 2.46. The number of nitrogens with one attached hydrogen (secondary N) is 1. The molecule has 0 saturated carbocycles. The van der Waals surface area contributed by atoms with Crippen molar-refractivity contribution in [3.05, 3.63) is 24.0 Å². The second kappa shape index (κ2) is 6.34. The average molecular weight is 304 g/mol. The maximum absolute atomic E-state index is 12.0. The van der Waals surface area contributed by atoms with Gasteiger partial charge in [0.25, 0.3) is 5.91 Å². The third-order valence-electron chi connectivity index (χ3n) is 3.56. The lowest BCUT2D eigenvalue weighted by Gasteiger charge is -2.35. The number of hydrogen-bond donors (Lipinski definition) is 1. The number of aromatic nitrogens is 1. The van der Waals surface area contributed by atoms with Gasteiger partial charge in [-0.2, -0.15) is 0 Å². The summed E-state index contributed by atoms with van der Waals surface area (Å²) in [4.78, 5) is 31.6. The maximum atomic E-state index is 12.0. The highest BCUT2D eigenvalue weighted by Gasteiger charge is 2.20. The second-order valence-electron chi connectivity index (χ2n) is 6.60. The minimum Gasteiger partial charge on any atom is -0.367 e. The molecule has 0 bridgehead atoms. The van der Waals surface area contributed by atoms with Gasteiger partial charge >= 0.3 is 0 Å². The van der Waals surface area contributed by atoms with Crippen molar-refractivity contribution >= 4 is 17.5 Å². The Morgan fingerprint density at radius 1 is 1.14 bits per heavy atom. The van der Waals surface area contributed by atoms with Gasteiger partial charge in [0.15, 0.2) is 0 Å². The molecule has 0 aromatic carbocycles. The van der Waals surface area contributed by atoms with Crippen LogP contribution < -0.4 is 10.2 Å². The number of piperazine rings is 1. The van der Waals surface area contributed by atoms with E-state index >= 15 is 0 Å². The number of carbonyl (C=O) groups excluding carboxylic acids is 2. The number of rotatable bonds is 2. The van der Waals surface area contributed by atoms with Gasteiger partial charge in [-0.25, -0.2) is 4.98 Å². The van der Waals surface area contributed by atoms with Crippen molar-refractivity contribution in [1.82, 2.24) is 15.2 Å². The fourth-order valence-corrected chi connectivity index (χ4v) is 2.39. The van der Waals surface area contributed by atoms with Gasteiger partial charge < -0.3 is 15.1 Å². The standard InChI is InChI=1S/C16H24N4O2/c1-12(21)19-7-9-20(10-8-19)13-5-6-14(17-11-13)15(22)18-16(2,3)4/h5-6,11H,7-10H2,1-4H3,(H,18,22). The molecule has 0 aliphatic carbocycles. The molecule has 2 heterocycles. The third-order valence-corrected chi connectivity index (χ3v) is 3.56. The van der Waals surface area contributed by atoms with E-state index in [0.29, 0.717) is 5.69 Å². The molecule has 0 unspecified atom stereocenters. The summed E-state index contributed by atoms with van der Waals surface area (Å²) in [5.74, 6) is -0.0487. The van der Waals surface area contributed by atoms with Gasteiger partial charge in [0.05, 0.1) is 11.9 Å². The van der Waals surface area contributed by atoms with Crippen molar-refractivity contribution in [2.24, 2.45) is 0 Å². The van der Waals surface area contributed by atoms with Crippen molar-refractivity contribution in [2.75, 3.05) is 31.1 Å². The number of nitrogens with zero attached hydrogens (tertiary/aromatic N) is 3. The lowest BCUT2D eigenvalue weighted by Crippen LogP contribution is -2.48. The van der Waals surface area contributed by atoms with E-state index in [2.05, 4.69) is 15.2 Å². The largest absolute Gasteiger partial charge is 0.367 e. The van der Waals surface area contributed by atoms with E-state index in [0.717, 1.165) is 31.9 Å². The quantitative estimate of drug-likeness (QED) is 0.894. The summed E-state index contributed by atoms with van der Waals surface area (Å²) in [6, 6.07) is 3.65. The van der Waals surface area contributed by atoms with Gasteiger partial charge in [0.1, 0.15) is 5.69 Å². The molecule has 1 aliphatic rings. The van der Waals surface area contributed by atoms with Crippen molar-refractivity contribution in [3.63, 3.8) is 0 Å². The van der Waals surface area contributed by atoms with Crippen LogP contribution in [0.2, 0.25) is 0 Å². The van der Waals surface area contributed by atoms with Gasteiger partial charge in [0.2, 0.25) is 5.91 Å². The number of amides is 2. The van der Waals surface area contributed by atoms with Gasteiger partial charge in [-0.3, -0.25) is 9.59 Å². The Morgan fingerprint density at radius 2 is 1.77 bits per heavy atom. The Morgan fingerprint density at radius 3 is 2.23 bits per heavy atom. The van der Waals surface area contributed by atoms with Crippen molar-refractivity contribution in [1.29, 1.82) is 0 Å². The lowest BCUT2D eigenvalue weighted by molar-refractivity contribution is -0.129. The predicted molar refractivity (Wildman–Crippen MR) is 85.9 cm³/mol. The summed E-state index contributed by atoms with van der Waals surface area (Å²) in [5, 5.41) is 2.89. The molecular weight excluding hydrogens is 280 g/mol. The molecule has 0 spiro atoms. The van der Waals surface area contributed by atoms with E-state index in [1.807, 2.05) is 31.7 Å². The zero-order valence-electron chi connectivity index (χ0n) is 13.7. The molecule has 2 amide bonds. The van der Waals surface area contributed by atoms with E-state index in [1.165, 1.54) is 0 Å². The molecule has 1 aliphatic heterocycles. The van der Waals surface area contributed by atoms with Crippen LogP contribution in [0.1, 0.15) is 38.2 Å². The number of carbonyl (C=O) groups is 2. The van der Waals surface area contributed by atoms with E-state index in [9.17, 15) is 9.59 Å². The van der Waals surface area contributed by atoms with Crippen LogP contribution in [0.5, 0.6) is 0 Å². The van der Waals surface area contributed by atoms with Gasteiger partial charge in [-0.05, 0) is 32.9 Å². The Kier molecular flexibility index (Phi) is 4.68. The number of anilines is 1. The smallest absolute Gasteiger partial charge is 0.270 e. The predicted octanol–water partition coefficient (Wildman–Crippen LogP) is 1.28. The molecule has 1 saturated heterocycles. The van der Waals surface area contributed by atoms with Crippen LogP contribution >= 0.6 is 0 Å². The fourth-order valence-electron chi connectivity index (χ4n) is 2.39. The van der Waals surface area contributed by atoms with Crippen LogP contribution in [0.3, 0.4) is 0 Å². The minimum atomic E-state index is -0.277. The Labute approximate surface area is 131 Å². The highest BCUT2D eigenvalue weighted by molar-refractivity contribution is 5.92. The lowest BCUT2D eigenvalue weighted by atomic mass is 10.1. The van der Waals surface area contributed by atoms with Crippen molar-refractivity contribution < 1.29 is 9.59 Å². The molecular formula is C16H24N4O2. The second-order valence-corrected chi connectivity index (χ2v) is 6.60. The summed E-state index contributed by atoms with van der Waals surface area (Å²) in [6.45, 7) is 10.4. The van der Waals surface area contributed by atoms with Crippen LogP contribution in [-0.4, -0.2) is 53.4 Å². The summed E-state index contributed by atoms with van der Waals surface area (Å²) < 4.78 is 0. The molecule has 6 nitrogen and oxygen atoms in total. The first-order chi connectivity index (χ1) is 10.3. The first kappa shape index (κ1) is 16.3. The minimum absolute atomic E-state index is 0.118. The van der Waals surface area contributed by atoms with Crippen LogP contribution in [-0.2, 0) is 4.79 Å². The molecule has 6 heteroatoms. The highest BCUT2D eigenvalue weighted by atomic mass is 16.2. The fraction of sp³-hybridized carbons (Fsp3) is 0.562. The molecule has 0 radical (unpaired) electrons. The highest BCUT2D eigenvalue weighted by Crippen LogP contribution is 2.16. The topological polar surface area (TPSA) is 65.5 Å². The Hall–Kier alpha value is -2.11. The van der Waals surface area contributed by atoms with E-state index in [1.54, 1.807) is 19.2 Å². The normalized spacial score (nSPS) is 15.6. The summed E-state index contributed by atoms with van der Waals surface area (Å²) >= 11 is 0. The van der Waals surface area contributed by atoms with Crippen LogP contribution in [0.25, 0.3) is 0 Å². The van der Waals surface area contributed by atoms with Gasteiger partial charge in [-0.15, -0.1) is 0 Å². The molecule has 0 atom stereocenters. The zero-order valence-corrected chi connectivity index (χ0v) is 13.7. The number of hydrogen-bond acceptors (Lipinski definition) is 4. The molecule has 1 aromatic rings. The summed E-state index contributed by atoms with van der Waals surface area (Å²) in [7, 11) is 0. The summed E-state index contributed by atoms with van der Waals surface area (Å²) in [5.41, 5.74) is 1.12. The SMILES string of the molecule is CC(=O)N1CCN(c2ccc(C(=O)NC(C)(C)C)nc2)CC1. The molecule has 1 aromatic heterocycles. The monoisotopic (exact) mass is 304 g/mol. The first-order valence-corrected chi connectivity index (χ1v) is 7.55. The molecule has 1 fully saturated rings. The first-order valence-electron chi connectivity index (χ1n) is 7.55. The Balaban J connectivity index is 1.98. The van der Waals surface area contributed by atoms with Gasteiger partial charge in [0, 0.05) is 38.6 Å². The van der Waals surface area contributed by atoms with E-state index in [4.69, 9.17) is 0 Å². The van der Waals surface area contributed by atoms with E-state index < -0.39 is 0 Å². The van der Waals surface area contributed by atoms with Crippen molar-refractivity contribution in [2.45, 2.75) is 33.2 Å². The maximum Gasteiger partial charge on any atom is 0.270 e. The zero-order chi connectivity index (χ0) is 16.3. The van der Waals surface area contributed by atoms with Crippen LogP contribution in [0.15, 0.2) is 18.3 Å². The molecule has 2 rings (SSSR count). The number of pyridine rings is 1. The summed E-state index contributed by atoms with van der Waals surface area (Å²) in [6.07, 6.45) is 1.72. The van der Waals surface area contributed by atoms with Gasteiger partial charge in [-0.1, -0.05) is 0 Å².